The Morgan fingerprint density at radius 3 is 2.15 bits per heavy atom. The van der Waals surface area contributed by atoms with E-state index in [9.17, 15) is 19.2 Å². The van der Waals surface area contributed by atoms with E-state index in [1.807, 2.05) is 0 Å². The molecule has 1 fully saturated rings. The number of nitrogens with one attached hydrogen (secondary N) is 1. The van der Waals surface area contributed by atoms with Crippen LogP contribution in [-0.4, -0.2) is 61.0 Å². The summed E-state index contributed by atoms with van der Waals surface area (Å²) in [5.41, 5.74) is 8.87. The van der Waals surface area contributed by atoms with Gasteiger partial charge in [0, 0.05) is 32.6 Å². The molecule has 144 valence electrons. The minimum absolute atomic E-state index is 0.352. The minimum Gasteiger partial charge on any atom is -0.463 e. The molecular formula is C14H20N4O8. The molecule has 0 aromatic carbocycles. The number of ether oxygens (including phenoxy) is 4. The van der Waals surface area contributed by atoms with Gasteiger partial charge >= 0.3 is 17.9 Å². The molecule has 12 heteroatoms. The first-order chi connectivity index (χ1) is 12.1. The predicted octanol–water partition coefficient (Wildman–Crippen LogP) is -0.0472. The van der Waals surface area contributed by atoms with Crippen molar-refractivity contribution in [2.75, 3.05) is 6.61 Å². The molecule has 1 rings (SSSR count). The molecule has 0 aromatic heterocycles. The number of nitrogens with zero attached hydrogens (tertiary/aromatic N) is 3. The van der Waals surface area contributed by atoms with Gasteiger partial charge in [-0.25, -0.2) is 0 Å². The Bertz CT molecular complexity index is 618. The van der Waals surface area contributed by atoms with Gasteiger partial charge in [0.25, 0.3) is 0 Å². The Morgan fingerprint density at radius 1 is 1.08 bits per heavy atom. The number of rotatable bonds is 6. The van der Waals surface area contributed by atoms with Crippen LogP contribution in [0.1, 0.15) is 27.7 Å². The van der Waals surface area contributed by atoms with Gasteiger partial charge in [0.2, 0.25) is 12.2 Å². The summed E-state index contributed by atoms with van der Waals surface area (Å²) < 4.78 is 20.6. The molecule has 26 heavy (non-hydrogen) atoms. The molecule has 0 radical (unpaired) electrons. The summed E-state index contributed by atoms with van der Waals surface area (Å²) in [6.07, 6.45) is -3.63. The fraction of sp³-hybridized carbons (Fsp3) is 0.714. The smallest absolute Gasteiger partial charge is 0.305 e. The van der Waals surface area contributed by atoms with Crippen LogP contribution < -0.4 is 5.32 Å². The van der Waals surface area contributed by atoms with Gasteiger partial charge in [0.05, 0.1) is 0 Å². The van der Waals surface area contributed by atoms with Gasteiger partial charge in [-0.2, -0.15) is 0 Å². The molecule has 0 bridgehead atoms. The molecule has 0 unspecified atom stereocenters. The van der Waals surface area contributed by atoms with E-state index in [1.54, 1.807) is 0 Å². The second kappa shape index (κ2) is 9.59. The average Bonchev–Trinajstić information content (AvgIpc) is 2.50. The third kappa shape index (κ3) is 6.22. The van der Waals surface area contributed by atoms with Crippen molar-refractivity contribution < 1.29 is 38.1 Å². The Morgan fingerprint density at radius 2 is 1.69 bits per heavy atom. The quantitative estimate of drug-likeness (QED) is 0.223. The van der Waals surface area contributed by atoms with Crippen LogP contribution in [0, 0.1) is 0 Å². The van der Waals surface area contributed by atoms with Gasteiger partial charge in [-0.1, -0.05) is 5.11 Å². The number of hydrogen-bond acceptors (Lipinski definition) is 9. The Balaban J connectivity index is 3.27. The van der Waals surface area contributed by atoms with Crippen molar-refractivity contribution in [2.45, 2.75) is 58.3 Å². The third-order valence-corrected chi connectivity index (χ3v) is 3.26. The maximum Gasteiger partial charge on any atom is 0.305 e. The molecule has 1 N–H and O–H groups in total. The highest BCUT2D eigenvalue weighted by molar-refractivity contribution is 5.73. The van der Waals surface area contributed by atoms with Crippen LogP contribution in [-0.2, 0) is 38.1 Å². The molecule has 1 aliphatic rings. The largest absolute Gasteiger partial charge is 0.463 e. The van der Waals surface area contributed by atoms with Gasteiger partial charge in [-0.3, -0.25) is 19.2 Å². The average molecular weight is 372 g/mol. The van der Waals surface area contributed by atoms with Crippen LogP contribution in [0.3, 0.4) is 0 Å². The third-order valence-electron chi connectivity index (χ3n) is 3.26. The summed E-state index contributed by atoms with van der Waals surface area (Å²) >= 11 is 0. The molecule has 1 aliphatic heterocycles. The van der Waals surface area contributed by atoms with Crippen LogP contribution in [0.25, 0.3) is 10.4 Å². The lowest BCUT2D eigenvalue weighted by molar-refractivity contribution is -0.247. The maximum absolute atomic E-state index is 11.5. The topological polar surface area (TPSA) is 166 Å². The molecule has 5 atom stereocenters. The maximum atomic E-state index is 11.5. The first-order valence-corrected chi connectivity index (χ1v) is 7.60. The summed E-state index contributed by atoms with van der Waals surface area (Å²) in [6.45, 7) is 4.26. The Hall–Kier alpha value is -2.85. The van der Waals surface area contributed by atoms with Gasteiger partial charge in [-0.05, 0) is 5.53 Å². The summed E-state index contributed by atoms with van der Waals surface area (Å²) in [4.78, 5) is 48.1. The van der Waals surface area contributed by atoms with E-state index in [-0.39, 0.29) is 6.61 Å². The Kier molecular flexibility index (Phi) is 7.81. The highest BCUT2D eigenvalue weighted by Crippen LogP contribution is 2.28. The standard InChI is InChI=1S/C14H20N4O8/c1-6(19)16-12-11(17-18-15)13(24-8(3)21)10(5-23-7(2)20)26-14(12)25-9(4)22/h10-14H,5H2,1-4H3,(H,16,19)/t10-,11-,12+,13-,14+/m1/s1. The molecule has 1 saturated heterocycles. The van der Waals surface area contributed by atoms with Crippen LogP contribution in [0.15, 0.2) is 5.11 Å². The molecule has 0 spiro atoms. The molecule has 1 heterocycles. The SMILES string of the molecule is CC(=O)N[C@@H]1[C@@H](OC(C)=O)O[C@H](COC(C)=O)[C@@H](OC(C)=O)[C@@H]1N=[N+]=[N-]. The molecule has 1 amide bonds. The van der Waals surface area contributed by atoms with E-state index in [2.05, 4.69) is 15.3 Å². The van der Waals surface area contributed by atoms with E-state index in [0.717, 1.165) is 20.8 Å². The summed E-state index contributed by atoms with van der Waals surface area (Å²) in [7, 11) is 0. The van der Waals surface area contributed by atoms with E-state index in [0.29, 0.717) is 0 Å². The van der Waals surface area contributed by atoms with E-state index >= 15 is 0 Å². The first-order valence-electron chi connectivity index (χ1n) is 7.60. The zero-order valence-electron chi connectivity index (χ0n) is 14.7. The van der Waals surface area contributed by atoms with Crippen molar-refractivity contribution in [3.05, 3.63) is 10.4 Å². The van der Waals surface area contributed by atoms with Gasteiger partial charge in [-0.15, -0.1) is 0 Å². The normalized spacial score (nSPS) is 27.5. The van der Waals surface area contributed by atoms with E-state index < -0.39 is 54.4 Å². The number of carbonyl (C=O) groups excluding carboxylic acids is 4. The highest BCUT2D eigenvalue weighted by atomic mass is 16.7. The number of azide groups is 1. The summed E-state index contributed by atoms with van der Waals surface area (Å²) in [5, 5.41) is 6.02. The van der Waals surface area contributed by atoms with Crippen molar-refractivity contribution in [3.63, 3.8) is 0 Å². The Labute approximate surface area is 148 Å². The molecule has 0 saturated carbocycles. The van der Waals surface area contributed by atoms with Crippen molar-refractivity contribution in [2.24, 2.45) is 5.11 Å². The molecule has 12 nitrogen and oxygen atoms in total. The van der Waals surface area contributed by atoms with E-state index in [1.165, 1.54) is 6.92 Å². The number of carbonyl (C=O) groups is 4. The first kappa shape index (κ1) is 21.2. The zero-order valence-corrected chi connectivity index (χ0v) is 14.7. The monoisotopic (exact) mass is 372 g/mol. The summed E-state index contributed by atoms with van der Waals surface area (Å²) in [5.74, 6) is -2.57. The number of amides is 1. The van der Waals surface area contributed by atoms with Crippen molar-refractivity contribution in [1.82, 2.24) is 5.32 Å². The van der Waals surface area contributed by atoms with Gasteiger partial charge in [0.1, 0.15) is 30.9 Å². The lowest BCUT2D eigenvalue weighted by Crippen LogP contribution is -2.65. The number of esters is 3. The van der Waals surface area contributed by atoms with Crippen LogP contribution in [0.4, 0.5) is 0 Å². The van der Waals surface area contributed by atoms with E-state index in [4.69, 9.17) is 24.5 Å². The fourth-order valence-corrected chi connectivity index (χ4v) is 2.44. The lowest BCUT2D eigenvalue weighted by Gasteiger charge is -2.43. The lowest BCUT2D eigenvalue weighted by atomic mass is 9.94. The fourth-order valence-electron chi connectivity index (χ4n) is 2.44. The van der Waals surface area contributed by atoms with Crippen LogP contribution in [0.2, 0.25) is 0 Å². The van der Waals surface area contributed by atoms with Crippen LogP contribution >= 0.6 is 0 Å². The zero-order chi connectivity index (χ0) is 19.9. The van der Waals surface area contributed by atoms with Crippen molar-refractivity contribution in [3.8, 4) is 0 Å². The molecule has 0 aromatic rings. The number of hydrogen-bond donors (Lipinski definition) is 1. The van der Waals surface area contributed by atoms with Crippen molar-refractivity contribution >= 4 is 23.8 Å². The van der Waals surface area contributed by atoms with Crippen LogP contribution in [0.5, 0.6) is 0 Å². The molecule has 0 aliphatic carbocycles. The summed E-state index contributed by atoms with van der Waals surface area (Å²) in [6, 6.07) is -2.29. The molecular weight excluding hydrogens is 352 g/mol. The minimum atomic E-state index is -1.35. The highest BCUT2D eigenvalue weighted by Gasteiger charge is 2.49. The second-order valence-corrected chi connectivity index (χ2v) is 5.45. The predicted molar refractivity (Wildman–Crippen MR) is 83.2 cm³/mol. The van der Waals surface area contributed by atoms with Crippen molar-refractivity contribution in [1.29, 1.82) is 0 Å². The van der Waals surface area contributed by atoms with Gasteiger partial charge in [0.15, 0.2) is 0 Å². The second-order valence-electron chi connectivity index (χ2n) is 5.45. The van der Waals surface area contributed by atoms with Gasteiger partial charge < -0.3 is 24.3 Å².